The fraction of sp³-hybridized carbons (Fsp3) is 0.667. The molecule has 0 spiro atoms. The zero-order valence-electron chi connectivity index (χ0n) is 13.1. The van der Waals surface area contributed by atoms with Crippen LogP contribution in [0.25, 0.3) is 0 Å². The zero-order valence-corrected chi connectivity index (χ0v) is 13.1. The number of hydrogen-bond donors (Lipinski definition) is 2. The first kappa shape index (κ1) is 15.5. The van der Waals surface area contributed by atoms with Crippen LogP contribution in [0.1, 0.15) is 32.0 Å². The van der Waals surface area contributed by atoms with E-state index in [1.165, 1.54) is 0 Å². The van der Waals surface area contributed by atoms with Crippen LogP contribution in [0.3, 0.4) is 0 Å². The molecule has 1 unspecified atom stereocenters. The van der Waals surface area contributed by atoms with Crippen molar-refractivity contribution < 1.29 is 4.79 Å². The average molecular weight is 291 g/mol. The number of aromatic nitrogens is 2. The zero-order chi connectivity index (χ0) is 15.2. The van der Waals surface area contributed by atoms with Crippen molar-refractivity contribution in [3.05, 3.63) is 11.9 Å². The second-order valence-corrected chi connectivity index (χ2v) is 5.43. The molecule has 2 heterocycles. The third-order valence-electron chi connectivity index (χ3n) is 3.85. The molecule has 1 atom stereocenters. The van der Waals surface area contributed by atoms with Crippen LogP contribution >= 0.6 is 0 Å². The summed E-state index contributed by atoms with van der Waals surface area (Å²) in [5, 5.41) is 5.84. The highest BCUT2D eigenvalue weighted by atomic mass is 16.1. The van der Waals surface area contributed by atoms with Gasteiger partial charge in [-0.25, -0.2) is 9.97 Å². The molecule has 1 aliphatic heterocycles. The fourth-order valence-electron chi connectivity index (χ4n) is 2.71. The van der Waals surface area contributed by atoms with E-state index in [4.69, 9.17) is 0 Å². The number of nitrogens with one attached hydrogen (secondary N) is 2. The Kier molecular flexibility index (Phi) is 5.36. The number of aryl methyl sites for hydroxylation is 1. The van der Waals surface area contributed by atoms with Crippen LogP contribution in [-0.4, -0.2) is 43.1 Å². The lowest BCUT2D eigenvalue weighted by Gasteiger charge is -2.33. The third kappa shape index (κ3) is 3.83. The summed E-state index contributed by atoms with van der Waals surface area (Å²) < 4.78 is 0. The molecule has 2 rings (SSSR count). The van der Waals surface area contributed by atoms with E-state index in [1.54, 1.807) is 7.05 Å². The van der Waals surface area contributed by atoms with Gasteiger partial charge in [0.05, 0.1) is 5.92 Å². The van der Waals surface area contributed by atoms with Crippen LogP contribution in [0.4, 0.5) is 11.6 Å². The highest BCUT2D eigenvalue weighted by Gasteiger charge is 2.26. The van der Waals surface area contributed by atoms with E-state index in [-0.39, 0.29) is 11.8 Å². The van der Waals surface area contributed by atoms with Gasteiger partial charge in [-0.15, -0.1) is 0 Å². The predicted octanol–water partition coefficient (Wildman–Crippen LogP) is 1.43. The Hall–Kier alpha value is -1.85. The number of rotatable bonds is 5. The molecule has 1 aromatic rings. The molecule has 0 saturated carbocycles. The van der Waals surface area contributed by atoms with E-state index in [2.05, 4.69) is 32.4 Å². The molecule has 21 heavy (non-hydrogen) atoms. The lowest BCUT2D eigenvalue weighted by Crippen LogP contribution is -2.42. The quantitative estimate of drug-likeness (QED) is 0.859. The van der Waals surface area contributed by atoms with Gasteiger partial charge in [-0.2, -0.15) is 0 Å². The van der Waals surface area contributed by atoms with Crippen molar-refractivity contribution in [3.8, 4) is 0 Å². The Balaban J connectivity index is 2.19. The predicted molar refractivity (Wildman–Crippen MR) is 84.6 cm³/mol. The van der Waals surface area contributed by atoms with E-state index < -0.39 is 0 Å². The molecular formula is C15H25N5O. The van der Waals surface area contributed by atoms with Crippen molar-refractivity contribution in [2.24, 2.45) is 5.92 Å². The normalized spacial score (nSPS) is 18.4. The lowest BCUT2D eigenvalue weighted by atomic mass is 9.97. The molecule has 0 bridgehead atoms. The van der Waals surface area contributed by atoms with Crippen LogP contribution in [0.5, 0.6) is 0 Å². The van der Waals surface area contributed by atoms with Crippen LogP contribution in [-0.2, 0) is 11.2 Å². The van der Waals surface area contributed by atoms with E-state index in [0.29, 0.717) is 0 Å². The summed E-state index contributed by atoms with van der Waals surface area (Å²) in [6.45, 7) is 3.79. The van der Waals surface area contributed by atoms with Gasteiger partial charge in [-0.1, -0.05) is 6.92 Å². The Morgan fingerprint density at radius 3 is 2.90 bits per heavy atom. The van der Waals surface area contributed by atoms with Gasteiger partial charge in [0.15, 0.2) is 0 Å². The number of anilines is 2. The lowest BCUT2D eigenvalue weighted by molar-refractivity contribution is -0.124. The van der Waals surface area contributed by atoms with E-state index in [9.17, 15) is 4.79 Å². The minimum atomic E-state index is 0.0476. The molecule has 6 nitrogen and oxygen atoms in total. The van der Waals surface area contributed by atoms with E-state index in [1.807, 2.05) is 13.1 Å². The van der Waals surface area contributed by atoms with Gasteiger partial charge in [-0.05, 0) is 19.3 Å². The van der Waals surface area contributed by atoms with E-state index in [0.717, 1.165) is 56.2 Å². The molecule has 1 aromatic heterocycles. The number of carbonyl (C=O) groups is 1. The van der Waals surface area contributed by atoms with Gasteiger partial charge >= 0.3 is 0 Å². The smallest absolute Gasteiger partial charge is 0.224 e. The first-order valence-corrected chi connectivity index (χ1v) is 7.70. The van der Waals surface area contributed by atoms with Crippen molar-refractivity contribution in [2.45, 2.75) is 32.6 Å². The third-order valence-corrected chi connectivity index (χ3v) is 3.85. The summed E-state index contributed by atoms with van der Waals surface area (Å²) in [4.78, 5) is 23.2. The summed E-state index contributed by atoms with van der Waals surface area (Å²) >= 11 is 0. The number of piperidine rings is 1. The first-order valence-electron chi connectivity index (χ1n) is 7.70. The molecule has 2 N–H and O–H groups in total. The van der Waals surface area contributed by atoms with Gasteiger partial charge in [0, 0.05) is 39.7 Å². The highest BCUT2D eigenvalue weighted by molar-refractivity contribution is 5.79. The van der Waals surface area contributed by atoms with Gasteiger partial charge < -0.3 is 15.5 Å². The van der Waals surface area contributed by atoms with Crippen molar-refractivity contribution in [1.82, 2.24) is 15.3 Å². The Labute approximate surface area is 126 Å². The molecule has 6 heteroatoms. The molecule has 0 radical (unpaired) electrons. The molecule has 116 valence electrons. The van der Waals surface area contributed by atoms with Crippen LogP contribution in [0.2, 0.25) is 0 Å². The SMILES string of the molecule is CCCc1nc(NC)cc(N2CCCC(C(=O)NC)C2)n1. The Morgan fingerprint density at radius 2 is 2.24 bits per heavy atom. The second-order valence-electron chi connectivity index (χ2n) is 5.43. The first-order chi connectivity index (χ1) is 10.2. The Morgan fingerprint density at radius 1 is 1.43 bits per heavy atom. The fourth-order valence-corrected chi connectivity index (χ4v) is 2.71. The molecule has 1 fully saturated rings. The molecule has 1 aliphatic rings. The second kappa shape index (κ2) is 7.24. The summed E-state index contributed by atoms with van der Waals surface area (Å²) in [7, 11) is 3.57. The minimum Gasteiger partial charge on any atom is -0.373 e. The maximum absolute atomic E-state index is 11.9. The highest BCUT2D eigenvalue weighted by Crippen LogP contribution is 2.23. The van der Waals surface area contributed by atoms with E-state index >= 15 is 0 Å². The van der Waals surface area contributed by atoms with Crippen molar-refractivity contribution in [1.29, 1.82) is 0 Å². The summed E-state index contributed by atoms with van der Waals surface area (Å²) in [5.74, 6) is 2.79. The standard InChI is InChI=1S/C15H25N5O/c1-4-6-12-18-13(16-2)9-14(19-12)20-8-5-7-11(10-20)15(21)17-3/h9,11H,4-8,10H2,1-3H3,(H,17,21)(H,16,18,19). The van der Waals surface area contributed by atoms with Gasteiger partial charge in [0.25, 0.3) is 0 Å². The van der Waals surface area contributed by atoms with Gasteiger partial charge in [0.1, 0.15) is 17.5 Å². The van der Waals surface area contributed by atoms with Crippen LogP contribution in [0.15, 0.2) is 6.07 Å². The van der Waals surface area contributed by atoms with Crippen LogP contribution < -0.4 is 15.5 Å². The minimum absolute atomic E-state index is 0.0476. The molecule has 0 aromatic carbocycles. The maximum atomic E-state index is 11.9. The summed E-state index contributed by atoms with van der Waals surface area (Å²) in [6, 6.07) is 1.96. The Bertz CT molecular complexity index is 491. The molecule has 1 saturated heterocycles. The van der Waals surface area contributed by atoms with Crippen molar-refractivity contribution >= 4 is 17.5 Å². The van der Waals surface area contributed by atoms with Gasteiger partial charge in [0.2, 0.25) is 5.91 Å². The van der Waals surface area contributed by atoms with Gasteiger partial charge in [-0.3, -0.25) is 4.79 Å². The topological polar surface area (TPSA) is 70.2 Å². The molecular weight excluding hydrogens is 266 g/mol. The largest absolute Gasteiger partial charge is 0.373 e. The van der Waals surface area contributed by atoms with Crippen molar-refractivity contribution in [3.63, 3.8) is 0 Å². The maximum Gasteiger partial charge on any atom is 0.224 e. The summed E-state index contributed by atoms with van der Waals surface area (Å²) in [5.41, 5.74) is 0. The molecule has 1 amide bonds. The monoisotopic (exact) mass is 291 g/mol. The summed E-state index contributed by atoms with van der Waals surface area (Å²) in [6.07, 6.45) is 3.85. The number of nitrogens with zero attached hydrogens (tertiary/aromatic N) is 3. The molecule has 0 aliphatic carbocycles. The average Bonchev–Trinajstić information content (AvgIpc) is 2.54. The number of carbonyl (C=O) groups excluding carboxylic acids is 1. The number of hydrogen-bond acceptors (Lipinski definition) is 5. The van der Waals surface area contributed by atoms with Crippen LogP contribution in [0, 0.1) is 5.92 Å². The number of amides is 1. The van der Waals surface area contributed by atoms with Crippen molar-refractivity contribution in [2.75, 3.05) is 37.4 Å².